The van der Waals surface area contributed by atoms with Crippen LogP contribution in [0.15, 0.2) is 11.6 Å². The van der Waals surface area contributed by atoms with E-state index in [1.807, 2.05) is 0 Å². The van der Waals surface area contributed by atoms with Crippen LogP contribution in [-0.4, -0.2) is 14.9 Å². The van der Waals surface area contributed by atoms with Gasteiger partial charge in [-0.05, 0) is 12.5 Å². The minimum atomic E-state index is -1.62. The van der Waals surface area contributed by atoms with E-state index < -0.39 is 9.76 Å². The Morgan fingerprint density at radius 1 is 1.55 bits per heavy atom. The SMILES string of the molecule is CC/C(=C\C(Cl)(Cl)Cl)C(=O)O. The minimum Gasteiger partial charge on any atom is -0.478 e. The highest BCUT2D eigenvalue weighted by Gasteiger charge is 2.18. The maximum Gasteiger partial charge on any atom is 0.331 e. The molecule has 0 aliphatic rings. The van der Waals surface area contributed by atoms with Crippen LogP contribution < -0.4 is 0 Å². The van der Waals surface area contributed by atoms with E-state index in [2.05, 4.69) is 0 Å². The van der Waals surface area contributed by atoms with Crippen LogP contribution in [0, 0.1) is 0 Å². The number of halogens is 3. The van der Waals surface area contributed by atoms with Crippen LogP contribution in [0.1, 0.15) is 13.3 Å². The zero-order valence-corrected chi connectivity index (χ0v) is 8.04. The highest BCUT2D eigenvalue weighted by molar-refractivity contribution is 6.69. The lowest BCUT2D eigenvalue weighted by Crippen LogP contribution is -2.05. The molecule has 64 valence electrons. The summed E-state index contributed by atoms with van der Waals surface area (Å²) in [4.78, 5) is 10.4. The Labute approximate surface area is 79.7 Å². The first kappa shape index (κ1) is 11.1. The lowest BCUT2D eigenvalue weighted by molar-refractivity contribution is -0.132. The number of aliphatic carboxylic acids is 1. The first-order valence-corrected chi connectivity index (χ1v) is 4.02. The molecule has 0 heterocycles. The number of carboxylic acid groups (broad SMARTS) is 1. The van der Waals surface area contributed by atoms with Gasteiger partial charge in [-0.2, -0.15) is 0 Å². The van der Waals surface area contributed by atoms with Gasteiger partial charge in [0.1, 0.15) is 0 Å². The minimum absolute atomic E-state index is 0.102. The first-order chi connectivity index (χ1) is 4.87. The largest absolute Gasteiger partial charge is 0.478 e. The molecule has 0 amide bonds. The second-order valence-corrected chi connectivity index (χ2v) is 4.24. The third-order valence-corrected chi connectivity index (χ3v) is 1.32. The standard InChI is InChI=1S/C6H7Cl3O2/c1-2-4(5(10)11)3-6(7,8)9/h3H,2H2,1H3,(H,10,11)/b4-3+. The predicted molar refractivity (Wildman–Crippen MR) is 46.3 cm³/mol. The van der Waals surface area contributed by atoms with Gasteiger partial charge in [0.2, 0.25) is 3.79 Å². The van der Waals surface area contributed by atoms with E-state index in [1.54, 1.807) is 6.92 Å². The fraction of sp³-hybridized carbons (Fsp3) is 0.500. The Balaban J connectivity index is 4.49. The second-order valence-electron chi connectivity index (χ2n) is 1.87. The summed E-state index contributed by atoms with van der Waals surface area (Å²) >= 11 is 16.0. The molecular weight excluding hydrogens is 210 g/mol. The Morgan fingerprint density at radius 3 is 2.09 bits per heavy atom. The van der Waals surface area contributed by atoms with Crippen molar-refractivity contribution in [2.75, 3.05) is 0 Å². The molecule has 0 bridgehead atoms. The van der Waals surface area contributed by atoms with Crippen LogP contribution in [0.3, 0.4) is 0 Å². The number of carbonyl (C=O) groups is 1. The number of hydrogen-bond acceptors (Lipinski definition) is 1. The average molecular weight is 217 g/mol. The van der Waals surface area contributed by atoms with Crippen LogP contribution in [0.2, 0.25) is 0 Å². The molecule has 0 atom stereocenters. The molecule has 0 aliphatic carbocycles. The van der Waals surface area contributed by atoms with Crippen LogP contribution in [0.5, 0.6) is 0 Å². The van der Waals surface area contributed by atoms with Crippen molar-refractivity contribution in [3.8, 4) is 0 Å². The molecule has 5 heteroatoms. The van der Waals surface area contributed by atoms with Gasteiger partial charge >= 0.3 is 5.97 Å². The molecular formula is C6H7Cl3O2. The molecule has 0 fully saturated rings. The van der Waals surface area contributed by atoms with Crippen molar-refractivity contribution in [2.45, 2.75) is 17.1 Å². The quantitative estimate of drug-likeness (QED) is 0.570. The van der Waals surface area contributed by atoms with Gasteiger partial charge in [0.05, 0.1) is 0 Å². The van der Waals surface area contributed by atoms with E-state index in [9.17, 15) is 4.79 Å². The summed E-state index contributed by atoms with van der Waals surface area (Å²) in [7, 11) is 0. The van der Waals surface area contributed by atoms with Crippen molar-refractivity contribution < 1.29 is 9.90 Å². The molecule has 0 unspecified atom stereocenters. The van der Waals surface area contributed by atoms with Crippen molar-refractivity contribution in [2.24, 2.45) is 0 Å². The van der Waals surface area contributed by atoms with Crippen LogP contribution in [0.25, 0.3) is 0 Å². The van der Waals surface area contributed by atoms with E-state index in [0.29, 0.717) is 6.42 Å². The third-order valence-electron chi connectivity index (χ3n) is 0.993. The maximum absolute atomic E-state index is 10.4. The van der Waals surface area contributed by atoms with E-state index in [0.717, 1.165) is 6.08 Å². The van der Waals surface area contributed by atoms with Crippen LogP contribution >= 0.6 is 34.8 Å². The normalized spacial score (nSPS) is 13.3. The Kier molecular flexibility index (Phi) is 4.22. The first-order valence-electron chi connectivity index (χ1n) is 2.88. The van der Waals surface area contributed by atoms with E-state index in [-0.39, 0.29) is 5.57 Å². The topological polar surface area (TPSA) is 37.3 Å². The molecule has 0 aromatic rings. The molecule has 11 heavy (non-hydrogen) atoms. The number of alkyl halides is 3. The Morgan fingerprint density at radius 2 is 2.00 bits per heavy atom. The lowest BCUT2D eigenvalue weighted by atomic mass is 10.2. The van der Waals surface area contributed by atoms with Gasteiger partial charge in [0.25, 0.3) is 0 Å². The van der Waals surface area contributed by atoms with Gasteiger partial charge in [-0.1, -0.05) is 41.7 Å². The third kappa shape index (κ3) is 5.36. The summed E-state index contributed by atoms with van der Waals surface area (Å²) in [6.07, 6.45) is 1.43. The molecule has 2 nitrogen and oxygen atoms in total. The second kappa shape index (κ2) is 4.19. The molecule has 0 saturated carbocycles. The van der Waals surface area contributed by atoms with E-state index in [4.69, 9.17) is 39.9 Å². The van der Waals surface area contributed by atoms with Gasteiger partial charge in [0.15, 0.2) is 0 Å². The summed E-state index contributed by atoms with van der Waals surface area (Å²) in [6.45, 7) is 1.68. The van der Waals surface area contributed by atoms with Crippen molar-refractivity contribution in [3.05, 3.63) is 11.6 Å². The molecule has 0 rings (SSSR count). The van der Waals surface area contributed by atoms with Crippen molar-refractivity contribution >= 4 is 40.8 Å². The summed E-state index contributed by atoms with van der Waals surface area (Å²) in [5.74, 6) is -1.06. The molecule has 0 saturated heterocycles. The average Bonchev–Trinajstić information content (AvgIpc) is 1.80. The van der Waals surface area contributed by atoms with Gasteiger partial charge in [-0.3, -0.25) is 0 Å². The van der Waals surface area contributed by atoms with Crippen molar-refractivity contribution in [1.29, 1.82) is 0 Å². The molecule has 0 aromatic carbocycles. The Hall–Kier alpha value is 0.0800. The summed E-state index contributed by atoms with van der Waals surface area (Å²) in [5.41, 5.74) is 0.102. The summed E-state index contributed by atoms with van der Waals surface area (Å²) in [5, 5.41) is 8.49. The number of carboxylic acids is 1. The van der Waals surface area contributed by atoms with Crippen molar-refractivity contribution in [3.63, 3.8) is 0 Å². The Bertz CT molecular complexity index is 181. The fourth-order valence-corrected chi connectivity index (χ4v) is 0.908. The summed E-state index contributed by atoms with van der Waals surface area (Å²) < 4.78 is -1.62. The zero-order chi connectivity index (χ0) is 9.07. The molecule has 0 aliphatic heterocycles. The van der Waals surface area contributed by atoms with Crippen LogP contribution in [-0.2, 0) is 4.79 Å². The van der Waals surface area contributed by atoms with E-state index >= 15 is 0 Å². The van der Waals surface area contributed by atoms with Gasteiger partial charge in [-0.25, -0.2) is 4.79 Å². The van der Waals surface area contributed by atoms with E-state index in [1.165, 1.54) is 0 Å². The highest BCUT2D eigenvalue weighted by Crippen LogP contribution is 2.29. The zero-order valence-electron chi connectivity index (χ0n) is 5.77. The summed E-state index contributed by atoms with van der Waals surface area (Å²) in [6, 6.07) is 0. The lowest BCUT2D eigenvalue weighted by Gasteiger charge is -2.05. The predicted octanol–water partition coefficient (Wildman–Crippen LogP) is 2.78. The fourth-order valence-electron chi connectivity index (χ4n) is 0.513. The van der Waals surface area contributed by atoms with Crippen LogP contribution in [0.4, 0.5) is 0 Å². The molecule has 1 N–H and O–H groups in total. The highest BCUT2D eigenvalue weighted by atomic mass is 35.6. The number of allylic oxidation sites excluding steroid dienone is 1. The smallest absolute Gasteiger partial charge is 0.331 e. The number of hydrogen-bond donors (Lipinski definition) is 1. The van der Waals surface area contributed by atoms with Gasteiger partial charge < -0.3 is 5.11 Å². The molecule has 0 aromatic heterocycles. The number of rotatable bonds is 2. The molecule has 0 radical (unpaired) electrons. The van der Waals surface area contributed by atoms with Crippen molar-refractivity contribution in [1.82, 2.24) is 0 Å². The maximum atomic E-state index is 10.4. The van der Waals surface area contributed by atoms with Gasteiger partial charge in [-0.15, -0.1) is 0 Å². The molecule has 0 spiro atoms. The monoisotopic (exact) mass is 216 g/mol. The van der Waals surface area contributed by atoms with Gasteiger partial charge in [0, 0.05) is 5.57 Å².